The number of para-hydroxylation sites is 3. The van der Waals surface area contributed by atoms with Crippen LogP contribution < -0.4 is 20.7 Å². The Kier molecular flexibility index (Phi) is 8.28. The van der Waals surface area contributed by atoms with Crippen molar-refractivity contribution in [1.29, 1.82) is 0 Å². The molecule has 61 heavy (non-hydrogen) atoms. The quantitative estimate of drug-likeness (QED) is 0.142. The van der Waals surface area contributed by atoms with Gasteiger partial charge in [-0.1, -0.05) is 141 Å². The van der Waals surface area contributed by atoms with Crippen LogP contribution in [0.5, 0.6) is 0 Å². The van der Waals surface area contributed by atoms with Gasteiger partial charge in [-0.05, 0) is 130 Å². The highest BCUT2D eigenvalue weighted by Gasteiger charge is 2.43. The molecule has 0 unspecified atom stereocenters. The lowest BCUT2D eigenvalue weighted by Crippen LogP contribution is -2.56. The number of anilines is 6. The van der Waals surface area contributed by atoms with Crippen molar-refractivity contribution in [2.75, 3.05) is 9.80 Å². The summed E-state index contributed by atoms with van der Waals surface area (Å²) in [7, 11) is 0. The summed E-state index contributed by atoms with van der Waals surface area (Å²) in [6.45, 7) is 4.50. The molecule has 0 radical (unpaired) electrons. The van der Waals surface area contributed by atoms with Gasteiger partial charge in [0.15, 0.2) is 0 Å². The van der Waals surface area contributed by atoms with Crippen LogP contribution in [-0.4, -0.2) is 11.3 Å². The van der Waals surface area contributed by atoms with Crippen molar-refractivity contribution in [2.45, 2.75) is 33.1 Å². The Morgan fingerprint density at radius 1 is 0.508 bits per heavy atom. The molecule has 10 aromatic rings. The average Bonchev–Trinajstić information content (AvgIpc) is 3.63. The number of nitrogens with zero attached hydrogens (tertiary/aromatic N) is 3. The number of unbranched alkanes of at least 4 members (excludes halogenated alkanes) is 1. The van der Waals surface area contributed by atoms with E-state index in [4.69, 9.17) is 0 Å². The maximum absolute atomic E-state index is 2.68. The molecule has 0 saturated carbocycles. The number of benzene rings is 9. The molecule has 3 heterocycles. The summed E-state index contributed by atoms with van der Waals surface area (Å²) in [6.07, 6.45) is 3.39. The summed E-state index contributed by atoms with van der Waals surface area (Å²) < 4.78 is 2.68. The number of aromatic nitrogens is 1. The van der Waals surface area contributed by atoms with Crippen LogP contribution in [0.15, 0.2) is 194 Å². The van der Waals surface area contributed by atoms with E-state index < -0.39 is 0 Å². The Labute approximate surface area is 357 Å². The van der Waals surface area contributed by atoms with Crippen molar-refractivity contribution >= 4 is 84.5 Å². The first-order valence-electron chi connectivity index (χ1n) is 21.8. The number of hydrogen-bond donors (Lipinski definition) is 0. The van der Waals surface area contributed by atoms with Crippen molar-refractivity contribution in [2.24, 2.45) is 0 Å². The van der Waals surface area contributed by atoms with Gasteiger partial charge in [-0.25, -0.2) is 0 Å². The van der Waals surface area contributed by atoms with E-state index in [1.807, 2.05) is 0 Å². The zero-order valence-electron chi connectivity index (χ0n) is 34.5. The topological polar surface area (TPSA) is 11.4 Å². The van der Waals surface area contributed by atoms with Gasteiger partial charge in [0, 0.05) is 61.4 Å². The Hall–Kier alpha value is -7.30. The van der Waals surface area contributed by atoms with Gasteiger partial charge < -0.3 is 14.3 Å². The standard InChI is InChI=1S/C57H44BN3/c1-3-4-17-39-28-31-52(48(34-39)40-18-8-5-9-19-40)60-54-37-45(59(43-22-10-6-11-23-43)44-24-12-7-13-25-44)29-30-51(54)58-56-50(32-38(2)33-55(56)60)47-27-16-26-46-49-35-41-20-14-15-21-42(41)36-53(49)61(58)57(46)47/h5-16,18-37H,3-4,17H2,1-2H3. The van der Waals surface area contributed by atoms with Gasteiger partial charge in [-0.2, -0.15) is 0 Å². The Balaban J connectivity index is 1.20. The fraction of sp³-hybridized carbons (Fsp3) is 0.0877. The van der Waals surface area contributed by atoms with Crippen LogP contribution >= 0.6 is 0 Å². The number of aryl methyl sites for hydroxylation is 2. The summed E-state index contributed by atoms with van der Waals surface area (Å²) in [5.74, 6) is 0. The van der Waals surface area contributed by atoms with Gasteiger partial charge in [0.2, 0.25) is 0 Å². The van der Waals surface area contributed by atoms with Crippen molar-refractivity contribution < 1.29 is 0 Å². The molecular formula is C57H44BN3. The van der Waals surface area contributed by atoms with Crippen molar-refractivity contribution in [3.63, 3.8) is 0 Å². The zero-order valence-corrected chi connectivity index (χ0v) is 34.5. The molecule has 12 rings (SSSR count). The monoisotopic (exact) mass is 781 g/mol. The Morgan fingerprint density at radius 2 is 1.21 bits per heavy atom. The second-order valence-corrected chi connectivity index (χ2v) is 16.8. The van der Waals surface area contributed by atoms with E-state index in [0.717, 1.165) is 23.5 Å². The van der Waals surface area contributed by atoms with Gasteiger partial charge in [-0.3, -0.25) is 0 Å². The Morgan fingerprint density at radius 3 is 1.95 bits per heavy atom. The second kappa shape index (κ2) is 14.2. The molecule has 0 fully saturated rings. The molecule has 9 aromatic carbocycles. The van der Waals surface area contributed by atoms with Crippen LogP contribution in [0.1, 0.15) is 30.9 Å². The van der Waals surface area contributed by atoms with Crippen LogP contribution in [0.4, 0.5) is 34.1 Å². The molecule has 3 nitrogen and oxygen atoms in total. The van der Waals surface area contributed by atoms with Crippen molar-refractivity contribution in [1.82, 2.24) is 4.48 Å². The Bertz CT molecular complexity index is 3280. The molecule has 0 atom stereocenters. The minimum atomic E-state index is -0.0483. The van der Waals surface area contributed by atoms with Crippen molar-refractivity contribution in [3.8, 4) is 22.3 Å². The first-order chi connectivity index (χ1) is 30.1. The maximum atomic E-state index is 2.68. The summed E-state index contributed by atoms with van der Waals surface area (Å²) in [5.41, 5.74) is 19.9. The fourth-order valence-corrected chi connectivity index (χ4v) is 10.4. The molecule has 290 valence electrons. The summed E-state index contributed by atoms with van der Waals surface area (Å²) >= 11 is 0. The molecule has 0 saturated heterocycles. The smallest absolute Gasteiger partial charge is 0.333 e. The van der Waals surface area contributed by atoms with E-state index in [9.17, 15) is 0 Å². The molecule has 2 aliphatic heterocycles. The van der Waals surface area contributed by atoms with Crippen LogP contribution in [0.3, 0.4) is 0 Å². The molecule has 0 bridgehead atoms. The summed E-state index contributed by atoms with van der Waals surface area (Å²) in [5, 5.41) is 5.14. The van der Waals surface area contributed by atoms with Gasteiger partial charge in [0.05, 0.1) is 5.69 Å². The lowest BCUT2D eigenvalue weighted by molar-refractivity contribution is 0.795. The first kappa shape index (κ1) is 35.6. The summed E-state index contributed by atoms with van der Waals surface area (Å²) in [4.78, 5) is 5.00. The van der Waals surface area contributed by atoms with Gasteiger partial charge >= 0.3 is 6.85 Å². The van der Waals surface area contributed by atoms with E-state index >= 15 is 0 Å². The predicted octanol–water partition coefficient (Wildman–Crippen LogP) is 14.2. The highest BCUT2D eigenvalue weighted by Crippen LogP contribution is 2.49. The third-order valence-corrected chi connectivity index (χ3v) is 13.1. The third-order valence-electron chi connectivity index (χ3n) is 13.1. The van der Waals surface area contributed by atoms with E-state index in [2.05, 4.69) is 222 Å². The molecule has 1 aromatic heterocycles. The zero-order chi connectivity index (χ0) is 40.6. The van der Waals surface area contributed by atoms with Crippen LogP contribution in [-0.2, 0) is 6.42 Å². The fourth-order valence-electron chi connectivity index (χ4n) is 10.4. The van der Waals surface area contributed by atoms with E-state index in [0.29, 0.717) is 0 Å². The highest BCUT2D eigenvalue weighted by atomic mass is 15.2. The summed E-state index contributed by atoms with van der Waals surface area (Å²) in [6, 6.07) is 72.5. The lowest BCUT2D eigenvalue weighted by atomic mass is 9.45. The predicted molar refractivity (Wildman–Crippen MR) is 261 cm³/mol. The third kappa shape index (κ3) is 5.59. The van der Waals surface area contributed by atoms with E-state index in [1.54, 1.807) is 0 Å². The molecule has 0 N–H and O–H groups in total. The molecular weight excluding hydrogens is 737 g/mol. The van der Waals surface area contributed by atoms with Gasteiger partial charge in [-0.15, -0.1) is 0 Å². The molecule has 0 aliphatic carbocycles. The number of hydrogen-bond acceptors (Lipinski definition) is 2. The van der Waals surface area contributed by atoms with Crippen molar-refractivity contribution in [3.05, 3.63) is 205 Å². The number of rotatable bonds is 8. The van der Waals surface area contributed by atoms with Gasteiger partial charge in [0.25, 0.3) is 0 Å². The largest absolute Gasteiger partial charge is 0.375 e. The minimum Gasteiger partial charge on any atom is -0.375 e. The van der Waals surface area contributed by atoms with Crippen LogP contribution in [0.2, 0.25) is 0 Å². The number of fused-ring (bicyclic) bond motifs is 8. The first-order valence-corrected chi connectivity index (χ1v) is 21.8. The second-order valence-electron chi connectivity index (χ2n) is 16.8. The SMILES string of the molecule is CCCCc1ccc(N2c3cc(N(c4ccccc4)c4ccccc4)ccc3B3c4c(cc(C)cc42)-c2cccc4c5cc6ccccc6cc5n3c24)c(-c2ccccc2)c1. The molecule has 4 heteroatoms. The van der Waals surface area contributed by atoms with E-state index in [1.165, 1.54) is 107 Å². The van der Waals surface area contributed by atoms with Crippen LogP contribution in [0, 0.1) is 6.92 Å². The molecule has 2 aliphatic rings. The average molecular weight is 782 g/mol. The van der Waals surface area contributed by atoms with E-state index in [-0.39, 0.29) is 6.85 Å². The minimum absolute atomic E-state index is 0.0483. The highest BCUT2D eigenvalue weighted by molar-refractivity contribution is 6.90. The van der Waals surface area contributed by atoms with Gasteiger partial charge in [0.1, 0.15) is 0 Å². The molecule has 0 spiro atoms. The lowest BCUT2D eigenvalue weighted by Gasteiger charge is -2.42. The normalized spacial score (nSPS) is 12.6. The van der Waals surface area contributed by atoms with Crippen LogP contribution in [0.25, 0.3) is 54.8 Å². The molecule has 0 amide bonds. The maximum Gasteiger partial charge on any atom is 0.333 e.